The Kier molecular flexibility index (Phi) is 4.87. The molecule has 1 aliphatic heterocycles. The summed E-state index contributed by atoms with van der Waals surface area (Å²) in [7, 11) is 0. The zero-order chi connectivity index (χ0) is 12.3. The Morgan fingerprint density at radius 3 is 2.29 bits per heavy atom. The highest BCUT2D eigenvalue weighted by Crippen LogP contribution is 2.26. The number of rotatable bonds is 4. The average Bonchev–Trinajstić information content (AvgIpc) is 2.66. The van der Waals surface area contributed by atoms with Crippen molar-refractivity contribution in [1.82, 2.24) is 10.2 Å². The van der Waals surface area contributed by atoms with E-state index in [4.69, 9.17) is 0 Å². The van der Waals surface area contributed by atoms with Crippen LogP contribution in [-0.2, 0) is 0 Å². The van der Waals surface area contributed by atoms with E-state index in [0.29, 0.717) is 0 Å². The first-order valence-corrected chi connectivity index (χ1v) is 7.62. The van der Waals surface area contributed by atoms with Crippen LogP contribution in [0.3, 0.4) is 0 Å². The van der Waals surface area contributed by atoms with Crippen LogP contribution >= 0.6 is 0 Å². The minimum atomic E-state index is 0.800. The Bertz CT molecular complexity index is 219. The number of likely N-dealkylation sites (tertiary alicyclic amines) is 1. The molecule has 0 bridgehead atoms. The zero-order valence-corrected chi connectivity index (χ0v) is 11.9. The monoisotopic (exact) mass is 238 g/mol. The summed E-state index contributed by atoms with van der Waals surface area (Å²) in [6, 6.07) is 1.63. The average molecular weight is 238 g/mol. The first-order chi connectivity index (χ1) is 8.13. The lowest BCUT2D eigenvalue weighted by atomic mass is 10.0. The molecule has 1 saturated carbocycles. The molecule has 0 radical (unpaired) electrons. The van der Waals surface area contributed by atoms with Gasteiger partial charge in [-0.2, -0.15) is 0 Å². The second kappa shape index (κ2) is 6.19. The summed E-state index contributed by atoms with van der Waals surface area (Å²) in [5, 5.41) is 3.90. The highest BCUT2D eigenvalue weighted by molar-refractivity contribution is 4.85. The van der Waals surface area contributed by atoms with Crippen molar-refractivity contribution in [3.63, 3.8) is 0 Å². The molecule has 2 rings (SSSR count). The van der Waals surface area contributed by atoms with E-state index in [2.05, 4.69) is 31.0 Å². The van der Waals surface area contributed by atoms with Crippen molar-refractivity contribution in [2.45, 2.75) is 65.0 Å². The van der Waals surface area contributed by atoms with E-state index >= 15 is 0 Å². The van der Waals surface area contributed by atoms with E-state index < -0.39 is 0 Å². The van der Waals surface area contributed by atoms with Crippen molar-refractivity contribution in [2.24, 2.45) is 11.8 Å². The maximum atomic E-state index is 3.90. The second-order valence-corrected chi connectivity index (χ2v) is 6.75. The van der Waals surface area contributed by atoms with E-state index in [1.807, 2.05) is 0 Å². The van der Waals surface area contributed by atoms with Gasteiger partial charge in [-0.15, -0.1) is 0 Å². The zero-order valence-electron chi connectivity index (χ0n) is 11.9. The molecule has 1 heterocycles. The van der Waals surface area contributed by atoms with E-state index in [9.17, 15) is 0 Å². The lowest BCUT2D eigenvalue weighted by molar-refractivity contribution is 0.174. The summed E-state index contributed by atoms with van der Waals surface area (Å²) >= 11 is 0. The van der Waals surface area contributed by atoms with Gasteiger partial charge < -0.3 is 10.2 Å². The first kappa shape index (κ1) is 13.4. The van der Waals surface area contributed by atoms with Crippen molar-refractivity contribution in [1.29, 1.82) is 0 Å². The molecular formula is C15H30N2. The number of nitrogens with zero attached hydrogens (tertiary/aromatic N) is 1. The van der Waals surface area contributed by atoms with Gasteiger partial charge in [-0.25, -0.2) is 0 Å². The molecule has 1 aliphatic carbocycles. The lowest BCUT2D eigenvalue weighted by Crippen LogP contribution is -2.46. The van der Waals surface area contributed by atoms with Gasteiger partial charge in [0.05, 0.1) is 0 Å². The van der Waals surface area contributed by atoms with Gasteiger partial charge >= 0.3 is 0 Å². The molecule has 0 aromatic heterocycles. The van der Waals surface area contributed by atoms with E-state index in [1.54, 1.807) is 0 Å². The molecule has 1 saturated heterocycles. The summed E-state index contributed by atoms with van der Waals surface area (Å²) in [5.41, 5.74) is 0. The van der Waals surface area contributed by atoms with Gasteiger partial charge in [0.15, 0.2) is 0 Å². The Labute approximate surface area is 107 Å². The van der Waals surface area contributed by atoms with Crippen LogP contribution in [0.1, 0.15) is 52.9 Å². The molecule has 0 aromatic carbocycles. The lowest BCUT2D eigenvalue weighted by Gasteiger charge is -2.34. The third kappa shape index (κ3) is 4.26. The fourth-order valence-electron chi connectivity index (χ4n) is 3.49. The molecule has 2 heteroatoms. The summed E-state index contributed by atoms with van der Waals surface area (Å²) in [6.07, 6.45) is 6.97. The Morgan fingerprint density at radius 2 is 1.76 bits per heavy atom. The molecule has 100 valence electrons. The normalized spacial score (nSPS) is 32.5. The van der Waals surface area contributed by atoms with Crippen molar-refractivity contribution < 1.29 is 0 Å². The molecule has 2 unspecified atom stereocenters. The molecule has 2 atom stereocenters. The maximum absolute atomic E-state index is 3.90. The summed E-state index contributed by atoms with van der Waals surface area (Å²) in [4.78, 5) is 2.64. The van der Waals surface area contributed by atoms with Gasteiger partial charge in [-0.05, 0) is 57.0 Å². The number of hydrogen-bond acceptors (Lipinski definition) is 2. The van der Waals surface area contributed by atoms with Crippen LogP contribution in [-0.4, -0.2) is 36.6 Å². The van der Waals surface area contributed by atoms with Crippen LogP contribution in [0.5, 0.6) is 0 Å². The largest absolute Gasteiger partial charge is 0.311 e. The van der Waals surface area contributed by atoms with Crippen LogP contribution in [0.2, 0.25) is 0 Å². The standard InChI is InChI=1S/C15H30N2/c1-12(2)11-17-8-6-14(7-9-17)16-15-5-4-13(3)10-15/h12-16H,4-11H2,1-3H3. The number of nitrogens with one attached hydrogen (secondary N) is 1. The highest BCUT2D eigenvalue weighted by Gasteiger charge is 2.26. The fraction of sp³-hybridized carbons (Fsp3) is 1.00. The van der Waals surface area contributed by atoms with Crippen molar-refractivity contribution in [3.8, 4) is 0 Å². The van der Waals surface area contributed by atoms with Gasteiger partial charge in [0.25, 0.3) is 0 Å². The topological polar surface area (TPSA) is 15.3 Å². The van der Waals surface area contributed by atoms with Crippen molar-refractivity contribution in [2.75, 3.05) is 19.6 Å². The Morgan fingerprint density at radius 1 is 1.06 bits per heavy atom. The molecule has 2 aliphatic rings. The SMILES string of the molecule is CC(C)CN1CCC(NC2CCC(C)C2)CC1. The van der Waals surface area contributed by atoms with Crippen molar-refractivity contribution in [3.05, 3.63) is 0 Å². The van der Waals surface area contributed by atoms with E-state index in [0.717, 1.165) is 23.9 Å². The van der Waals surface area contributed by atoms with Crippen molar-refractivity contribution >= 4 is 0 Å². The third-order valence-corrected chi connectivity index (χ3v) is 4.38. The Balaban J connectivity index is 1.65. The van der Waals surface area contributed by atoms with Crippen LogP contribution < -0.4 is 5.32 Å². The van der Waals surface area contributed by atoms with Crippen LogP contribution in [0, 0.1) is 11.8 Å². The molecular weight excluding hydrogens is 208 g/mol. The second-order valence-electron chi connectivity index (χ2n) is 6.75. The fourth-order valence-corrected chi connectivity index (χ4v) is 3.49. The van der Waals surface area contributed by atoms with E-state index in [1.165, 1.54) is 51.7 Å². The number of piperidine rings is 1. The number of hydrogen-bond donors (Lipinski definition) is 1. The molecule has 17 heavy (non-hydrogen) atoms. The summed E-state index contributed by atoms with van der Waals surface area (Å²) < 4.78 is 0. The van der Waals surface area contributed by atoms with Gasteiger partial charge in [0.2, 0.25) is 0 Å². The first-order valence-electron chi connectivity index (χ1n) is 7.62. The molecule has 0 aromatic rings. The van der Waals surface area contributed by atoms with Gasteiger partial charge in [0.1, 0.15) is 0 Å². The summed E-state index contributed by atoms with van der Waals surface area (Å²) in [6.45, 7) is 10.9. The maximum Gasteiger partial charge on any atom is 0.00940 e. The van der Waals surface area contributed by atoms with Crippen LogP contribution in [0.15, 0.2) is 0 Å². The minimum Gasteiger partial charge on any atom is -0.311 e. The van der Waals surface area contributed by atoms with Gasteiger partial charge in [-0.3, -0.25) is 0 Å². The molecule has 2 fully saturated rings. The minimum absolute atomic E-state index is 0.800. The quantitative estimate of drug-likeness (QED) is 0.810. The predicted octanol–water partition coefficient (Wildman–Crippen LogP) is 2.89. The summed E-state index contributed by atoms with van der Waals surface area (Å²) in [5.74, 6) is 1.77. The van der Waals surface area contributed by atoms with Crippen LogP contribution in [0.4, 0.5) is 0 Å². The molecule has 1 N–H and O–H groups in total. The predicted molar refractivity (Wildman–Crippen MR) is 74.2 cm³/mol. The van der Waals surface area contributed by atoms with E-state index in [-0.39, 0.29) is 0 Å². The molecule has 0 spiro atoms. The van der Waals surface area contributed by atoms with Gasteiger partial charge in [-0.1, -0.05) is 20.8 Å². The highest BCUT2D eigenvalue weighted by atomic mass is 15.1. The smallest absolute Gasteiger partial charge is 0.00940 e. The Hall–Kier alpha value is -0.0800. The van der Waals surface area contributed by atoms with Crippen LogP contribution in [0.25, 0.3) is 0 Å². The molecule has 2 nitrogen and oxygen atoms in total. The third-order valence-electron chi connectivity index (χ3n) is 4.38. The van der Waals surface area contributed by atoms with Gasteiger partial charge in [0, 0.05) is 18.6 Å². The molecule has 0 amide bonds.